The van der Waals surface area contributed by atoms with E-state index in [2.05, 4.69) is 27.5 Å². The quantitative estimate of drug-likeness (QED) is 0.442. The number of benzene rings is 1. The van der Waals surface area contributed by atoms with E-state index in [0.29, 0.717) is 24.6 Å². The van der Waals surface area contributed by atoms with E-state index < -0.39 is 12.8 Å². The van der Waals surface area contributed by atoms with Gasteiger partial charge in [-0.25, -0.2) is 9.98 Å². The van der Waals surface area contributed by atoms with Crippen molar-refractivity contribution < 1.29 is 17.9 Å². The zero-order valence-electron chi connectivity index (χ0n) is 16.7. The van der Waals surface area contributed by atoms with Crippen LogP contribution in [0, 0.1) is 0 Å². The normalized spacial score (nSPS) is 12.2. The van der Waals surface area contributed by atoms with Crippen molar-refractivity contribution in [3.05, 3.63) is 51.5 Å². The molecule has 1 aromatic heterocycles. The SMILES string of the molecule is CCNC(=NCc1cccc(COCC(F)(F)F)c1)NCCc1ncc(CC)s1. The van der Waals surface area contributed by atoms with Gasteiger partial charge in [-0.05, 0) is 24.5 Å². The highest BCUT2D eigenvalue weighted by atomic mass is 32.1. The molecule has 1 aromatic carbocycles. The molecule has 0 aliphatic heterocycles. The first-order valence-corrected chi connectivity index (χ1v) is 10.4. The predicted octanol–water partition coefficient (Wildman–Crippen LogP) is 4.08. The van der Waals surface area contributed by atoms with Gasteiger partial charge < -0.3 is 15.4 Å². The van der Waals surface area contributed by atoms with Gasteiger partial charge in [0, 0.05) is 30.6 Å². The number of aryl methyl sites for hydroxylation is 1. The minimum atomic E-state index is -4.31. The van der Waals surface area contributed by atoms with E-state index in [1.807, 2.05) is 25.3 Å². The van der Waals surface area contributed by atoms with Gasteiger partial charge in [-0.2, -0.15) is 13.2 Å². The van der Waals surface area contributed by atoms with Gasteiger partial charge in [-0.15, -0.1) is 11.3 Å². The number of aliphatic imine (C=N–C) groups is 1. The van der Waals surface area contributed by atoms with Crippen LogP contribution in [0.15, 0.2) is 35.5 Å². The smallest absolute Gasteiger partial charge is 0.367 e. The summed E-state index contributed by atoms with van der Waals surface area (Å²) in [5.74, 6) is 0.693. The summed E-state index contributed by atoms with van der Waals surface area (Å²) in [6.07, 6.45) is -0.577. The molecule has 9 heteroatoms. The van der Waals surface area contributed by atoms with Gasteiger partial charge in [-0.1, -0.05) is 31.2 Å². The topological polar surface area (TPSA) is 58.5 Å². The van der Waals surface area contributed by atoms with E-state index >= 15 is 0 Å². The Morgan fingerprint density at radius 2 is 2.00 bits per heavy atom. The third-order valence-corrected chi connectivity index (χ3v) is 5.07. The van der Waals surface area contributed by atoms with E-state index in [9.17, 15) is 13.2 Å². The molecule has 0 unspecified atom stereocenters. The minimum absolute atomic E-state index is 0.0804. The number of aromatic nitrogens is 1. The van der Waals surface area contributed by atoms with Gasteiger partial charge in [0.1, 0.15) is 6.61 Å². The molecule has 1 heterocycles. The average molecular weight is 429 g/mol. The summed E-state index contributed by atoms with van der Waals surface area (Å²) < 4.78 is 41.3. The van der Waals surface area contributed by atoms with Crippen LogP contribution in [0.3, 0.4) is 0 Å². The molecule has 2 N–H and O–H groups in total. The number of guanidine groups is 1. The molecule has 0 radical (unpaired) electrons. The lowest BCUT2D eigenvalue weighted by Crippen LogP contribution is -2.38. The third-order valence-electron chi connectivity index (χ3n) is 3.87. The molecule has 2 aromatic rings. The number of ether oxygens (including phenoxy) is 1. The highest BCUT2D eigenvalue weighted by Crippen LogP contribution is 2.16. The van der Waals surface area contributed by atoms with Crippen molar-refractivity contribution in [2.24, 2.45) is 4.99 Å². The molecule has 0 saturated carbocycles. The van der Waals surface area contributed by atoms with Gasteiger partial charge in [0.2, 0.25) is 0 Å². The Labute approximate surface area is 173 Å². The highest BCUT2D eigenvalue weighted by Gasteiger charge is 2.27. The number of hydrogen-bond acceptors (Lipinski definition) is 4. The van der Waals surface area contributed by atoms with Gasteiger partial charge >= 0.3 is 6.18 Å². The first-order valence-electron chi connectivity index (χ1n) is 9.57. The number of nitrogens with one attached hydrogen (secondary N) is 2. The fourth-order valence-electron chi connectivity index (χ4n) is 2.53. The molecule has 2 rings (SSSR count). The van der Waals surface area contributed by atoms with Crippen molar-refractivity contribution in [3.8, 4) is 0 Å². The maximum atomic E-state index is 12.2. The Balaban J connectivity index is 1.85. The number of rotatable bonds is 10. The van der Waals surface area contributed by atoms with Crippen molar-refractivity contribution in [2.75, 3.05) is 19.7 Å². The van der Waals surface area contributed by atoms with Crippen LogP contribution in [-0.4, -0.2) is 36.8 Å². The number of halogens is 3. The van der Waals surface area contributed by atoms with Crippen molar-refractivity contribution in [3.63, 3.8) is 0 Å². The van der Waals surface area contributed by atoms with Crippen LogP contribution in [0.2, 0.25) is 0 Å². The van der Waals surface area contributed by atoms with Crippen molar-refractivity contribution in [1.82, 2.24) is 15.6 Å². The summed E-state index contributed by atoms with van der Waals surface area (Å²) in [5.41, 5.74) is 1.60. The first kappa shape index (κ1) is 23.2. The van der Waals surface area contributed by atoms with Gasteiger partial charge in [-0.3, -0.25) is 0 Å². The Hall–Kier alpha value is -2.13. The van der Waals surface area contributed by atoms with Crippen LogP contribution >= 0.6 is 11.3 Å². The Bertz CT molecular complexity index is 777. The van der Waals surface area contributed by atoms with Crippen LogP contribution in [0.1, 0.15) is 34.9 Å². The standard InChI is InChI=1S/C20H27F3N4OS/c1-3-17-12-26-18(29-17)8-9-25-19(24-4-2)27-11-15-6-5-7-16(10-15)13-28-14-20(21,22)23/h5-7,10,12H,3-4,8-9,11,13-14H2,1-2H3,(H2,24,25,27). The average Bonchev–Trinajstić information content (AvgIpc) is 3.13. The van der Waals surface area contributed by atoms with Gasteiger partial charge in [0.15, 0.2) is 5.96 Å². The summed E-state index contributed by atoms with van der Waals surface area (Å²) in [5, 5.41) is 7.58. The molecule has 29 heavy (non-hydrogen) atoms. The second-order valence-electron chi connectivity index (χ2n) is 6.37. The first-order chi connectivity index (χ1) is 13.9. The number of hydrogen-bond donors (Lipinski definition) is 2. The Morgan fingerprint density at radius 3 is 2.69 bits per heavy atom. The second-order valence-corrected chi connectivity index (χ2v) is 7.57. The molecule has 5 nitrogen and oxygen atoms in total. The van der Waals surface area contributed by atoms with Crippen LogP contribution in [0.5, 0.6) is 0 Å². The molecule has 0 fully saturated rings. The second kappa shape index (κ2) is 11.8. The molecule has 0 atom stereocenters. The molecular formula is C20H27F3N4OS. The van der Waals surface area contributed by atoms with Crippen LogP contribution < -0.4 is 10.6 Å². The summed E-state index contributed by atoms with van der Waals surface area (Å²) in [6, 6.07) is 7.24. The van der Waals surface area contributed by atoms with Gasteiger partial charge in [0.25, 0.3) is 0 Å². The highest BCUT2D eigenvalue weighted by molar-refractivity contribution is 7.11. The molecule has 0 aliphatic carbocycles. The van der Waals surface area contributed by atoms with Crippen LogP contribution in [0.4, 0.5) is 13.2 Å². The fourth-order valence-corrected chi connectivity index (χ4v) is 3.39. The zero-order valence-corrected chi connectivity index (χ0v) is 17.5. The largest absolute Gasteiger partial charge is 0.411 e. The molecule has 0 amide bonds. The van der Waals surface area contributed by atoms with Crippen LogP contribution in [-0.2, 0) is 30.7 Å². The monoisotopic (exact) mass is 428 g/mol. The lowest BCUT2D eigenvalue weighted by Gasteiger charge is -2.11. The lowest BCUT2D eigenvalue weighted by atomic mass is 10.1. The maximum absolute atomic E-state index is 12.2. The molecule has 0 bridgehead atoms. The fraction of sp³-hybridized carbons (Fsp3) is 0.500. The number of thiazole rings is 1. The molecule has 0 aliphatic rings. The van der Waals surface area contributed by atoms with E-state index in [1.165, 1.54) is 4.88 Å². The van der Waals surface area contributed by atoms with E-state index in [4.69, 9.17) is 4.74 Å². The van der Waals surface area contributed by atoms with Crippen LogP contribution in [0.25, 0.3) is 0 Å². The summed E-state index contributed by atoms with van der Waals surface area (Å²) in [6.45, 7) is 4.64. The van der Waals surface area contributed by atoms with E-state index in [-0.39, 0.29) is 6.61 Å². The van der Waals surface area contributed by atoms with Gasteiger partial charge in [0.05, 0.1) is 18.2 Å². The summed E-state index contributed by atoms with van der Waals surface area (Å²) in [4.78, 5) is 10.2. The zero-order chi connectivity index (χ0) is 21.1. The van der Waals surface area contributed by atoms with Crippen molar-refractivity contribution in [1.29, 1.82) is 0 Å². The summed E-state index contributed by atoms with van der Waals surface area (Å²) >= 11 is 1.72. The predicted molar refractivity (Wildman–Crippen MR) is 110 cm³/mol. The maximum Gasteiger partial charge on any atom is 0.411 e. The summed E-state index contributed by atoms with van der Waals surface area (Å²) in [7, 11) is 0. The Kier molecular flexibility index (Phi) is 9.40. The van der Waals surface area contributed by atoms with Crippen molar-refractivity contribution >= 4 is 17.3 Å². The number of alkyl halides is 3. The molecule has 0 spiro atoms. The molecule has 0 saturated heterocycles. The van der Waals surface area contributed by atoms with E-state index in [1.54, 1.807) is 23.5 Å². The third kappa shape index (κ3) is 9.27. The Morgan fingerprint density at radius 1 is 1.21 bits per heavy atom. The molecular weight excluding hydrogens is 401 g/mol. The van der Waals surface area contributed by atoms with Crippen molar-refractivity contribution in [2.45, 2.75) is 46.0 Å². The minimum Gasteiger partial charge on any atom is -0.367 e. The molecule has 160 valence electrons. The number of nitrogens with zero attached hydrogens (tertiary/aromatic N) is 2. The lowest BCUT2D eigenvalue weighted by molar-refractivity contribution is -0.176. The van der Waals surface area contributed by atoms with E-state index in [0.717, 1.165) is 30.0 Å².